The number of hydrogen-bond acceptors (Lipinski definition) is 3. The highest BCUT2D eigenvalue weighted by molar-refractivity contribution is 9.10. The van der Waals surface area contributed by atoms with Crippen LogP contribution in [0.1, 0.15) is 5.56 Å². The van der Waals surface area contributed by atoms with E-state index in [4.69, 9.17) is 16.3 Å². The van der Waals surface area contributed by atoms with Crippen LogP contribution in [0, 0.1) is 0 Å². The molecule has 0 unspecified atom stereocenters. The molecular formula is C13H12BrClN2O. The summed E-state index contributed by atoms with van der Waals surface area (Å²) < 4.78 is 6.39. The van der Waals surface area contributed by atoms with Gasteiger partial charge in [-0.05, 0) is 46.7 Å². The summed E-state index contributed by atoms with van der Waals surface area (Å²) >= 11 is 9.18. The van der Waals surface area contributed by atoms with Gasteiger partial charge in [-0.15, -0.1) is 0 Å². The second-order valence-electron chi connectivity index (χ2n) is 3.72. The first-order chi connectivity index (χ1) is 8.69. The smallest absolute Gasteiger partial charge is 0.233 e. The zero-order valence-electron chi connectivity index (χ0n) is 9.78. The van der Waals surface area contributed by atoms with E-state index in [1.165, 1.54) is 5.56 Å². The molecule has 18 heavy (non-hydrogen) atoms. The van der Waals surface area contributed by atoms with Crippen molar-refractivity contribution >= 4 is 27.5 Å². The van der Waals surface area contributed by atoms with Crippen molar-refractivity contribution < 1.29 is 4.74 Å². The molecule has 94 valence electrons. The Kier molecular flexibility index (Phi) is 4.58. The zero-order chi connectivity index (χ0) is 13.0. The molecule has 2 rings (SSSR count). The summed E-state index contributed by atoms with van der Waals surface area (Å²) in [5, 5.41) is 3.66. The second-order valence-corrected chi connectivity index (χ2v) is 5.01. The first-order valence-corrected chi connectivity index (χ1v) is 6.58. The predicted molar refractivity (Wildman–Crippen MR) is 76.2 cm³/mol. The summed E-state index contributed by atoms with van der Waals surface area (Å²) in [6.45, 7) is 0.836. The monoisotopic (exact) mass is 326 g/mol. The Morgan fingerprint density at radius 3 is 2.67 bits per heavy atom. The van der Waals surface area contributed by atoms with Crippen LogP contribution in [0.3, 0.4) is 0 Å². The van der Waals surface area contributed by atoms with Crippen LogP contribution in [0.5, 0.6) is 11.6 Å². The van der Waals surface area contributed by atoms with E-state index in [1.54, 1.807) is 12.3 Å². The molecule has 3 nitrogen and oxygen atoms in total. The van der Waals surface area contributed by atoms with Crippen molar-refractivity contribution in [3.05, 3.63) is 51.6 Å². The molecule has 0 spiro atoms. The Bertz CT molecular complexity index is 531. The number of benzene rings is 1. The van der Waals surface area contributed by atoms with E-state index in [2.05, 4.69) is 26.2 Å². The lowest BCUT2D eigenvalue weighted by Gasteiger charge is -2.07. The Balaban J connectivity index is 2.13. The molecule has 0 aliphatic rings. The molecule has 5 heteroatoms. The standard InChI is InChI=1S/C13H12BrClN2O/c1-16-7-9-2-4-11(5-3-9)18-13-12(14)6-10(15)8-17-13/h2-6,8,16H,7H2,1H3. The Morgan fingerprint density at radius 2 is 2.06 bits per heavy atom. The van der Waals surface area contributed by atoms with Gasteiger partial charge in [0.25, 0.3) is 0 Å². The summed E-state index contributed by atoms with van der Waals surface area (Å²) in [5.41, 5.74) is 1.20. The zero-order valence-corrected chi connectivity index (χ0v) is 12.1. The van der Waals surface area contributed by atoms with Gasteiger partial charge in [0.2, 0.25) is 5.88 Å². The number of pyridine rings is 1. The van der Waals surface area contributed by atoms with Crippen molar-refractivity contribution in [2.24, 2.45) is 0 Å². The highest BCUT2D eigenvalue weighted by atomic mass is 79.9. The number of halogens is 2. The summed E-state index contributed by atoms with van der Waals surface area (Å²) in [4.78, 5) is 4.12. The first-order valence-electron chi connectivity index (χ1n) is 5.41. The molecule has 0 radical (unpaired) electrons. The van der Waals surface area contributed by atoms with Crippen LogP contribution in [-0.2, 0) is 6.54 Å². The number of ether oxygens (including phenoxy) is 1. The summed E-state index contributed by atoms with van der Waals surface area (Å²) in [6.07, 6.45) is 1.55. The Labute approximate surface area is 119 Å². The maximum atomic E-state index is 5.82. The average molecular weight is 328 g/mol. The molecule has 0 atom stereocenters. The number of rotatable bonds is 4. The molecule has 1 heterocycles. The van der Waals surface area contributed by atoms with Crippen molar-refractivity contribution in [2.45, 2.75) is 6.54 Å². The third-order valence-corrected chi connectivity index (χ3v) is 3.07. The van der Waals surface area contributed by atoms with Gasteiger partial charge in [0.05, 0.1) is 9.50 Å². The maximum absolute atomic E-state index is 5.82. The largest absolute Gasteiger partial charge is 0.438 e. The van der Waals surface area contributed by atoms with Crippen molar-refractivity contribution in [3.8, 4) is 11.6 Å². The molecular weight excluding hydrogens is 316 g/mol. The van der Waals surface area contributed by atoms with Gasteiger partial charge in [-0.1, -0.05) is 23.7 Å². The topological polar surface area (TPSA) is 34.1 Å². The summed E-state index contributed by atoms with van der Waals surface area (Å²) in [7, 11) is 1.92. The van der Waals surface area contributed by atoms with Gasteiger partial charge in [0, 0.05) is 12.7 Å². The number of nitrogens with zero attached hydrogens (tertiary/aromatic N) is 1. The maximum Gasteiger partial charge on any atom is 0.233 e. The van der Waals surface area contributed by atoms with E-state index in [1.807, 2.05) is 31.3 Å². The molecule has 1 N–H and O–H groups in total. The van der Waals surface area contributed by atoms with Crippen LogP contribution in [0.15, 0.2) is 41.0 Å². The Morgan fingerprint density at radius 1 is 1.33 bits per heavy atom. The van der Waals surface area contributed by atoms with E-state index in [0.29, 0.717) is 10.9 Å². The first kappa shape index (κ1) is 13.3. The lowest BCUT2D eigenvalue weighted by Crippen LogP contribution is -2.04. The quantitative estimate of drug-likeness (QED) is 0.921. The summed E-state index contributed by atoms with van der Waals surface area (Å²) in [6, 6.07) is 9.59. The van der Waals surface area contributed by atoms with Gasteiger partial charge in [0.15, 0.2) is 0 Å². The normalized spacial score (nSPS) is 10.4. The lowest BCUT2D eigenvalue weighted by atomic mass is 10.2. The SMILES string of the molecule is CNCc1ccc(Oc2ncc(Cl)cc2Br)cc1. The minimum atomic E-state index is 0.501. The number of hydrogen-bond donors (Lipinski definition) is 1. The van der Waals surface area contributed by atoms with Crippen LogP contribution in [0.25, 0.3) is 0 Å². The van der Waals surface area contributed by atoms with Crippen molar-refractivity contribution in [1.29, 1.82) is 0 Å². The third kappa shape index (κ3) is 3.45. The van der Waals surface area contributed by atoms with Gasteiger partial charge < -0.3 is 10.1 Å². The highest BCUT2D eigenvalue weighted by Crippen LogP contribution is 2.29. The van der Waals surface area contributed by atoms with Crippen molar-refractivity contribution in [2.75, 3.05) is 7.05 Å². The minimum Gasteiger partial charge on any atom is -0.438 e. The highest BCUT2D eigenvalue weighted by Gasteiger charge is 2.05. The fraction of sp³-hybridized carbons (Fsp3) is 0.154. The molecule has 0 aliphatic heterocycles. The van der Waals surface area contributed by atoms with Crippen LogP contribution in [0.4, 0.5) is 0 Å². The number of nitrogens with one attached hydrogen (secondary N) is 1. The molecule has 0 amide bonds. The van der Waals surface area contributed by atoms with Crippen molar-refractivity contribution in [3.63, 3.8) is 0 Å². The minimum absolute atomic E-state index is 0.501. The van der Waals surface area contributed by atoms with Crippen LogP contribution < -0.4 is 10.1 Å². The molecule has 1 aromatic carbocycles. The lowest BCUT2D eigenvalue weighted by molar-refractivity contribution is 0.459. The van der Waals surface area contributed by atoms with Crippen LogP contribution >= 0.6 is 27.5 Å². The van der Waals surface area contributed by atoms with E-state index in [9.17, 15) is 0 Å². The van der Waals surface area contributed by atoms with Crippen molar-refractivity contribution in [1.82, 2.24) is 10.3 Å². The third-order valence-electron chi connectivity index (χ3n) is 2.29. The van der Waals surface area contributed by atoms with Gasteiger partial charge >= 0.3 is 0 Å². The van der Waals surface area contributed by atoms with E-state index < -0.39 is 0 Å². The van der Waals surface area contributed by atoms with Gasteiger partial charge in [-0.3, -0.25) is 0 Å². The van der Waals surface area contributed by atoms with Crippen LogP contribution in [0.2, 0.25) is 5.02 Å². The molecule has 2 aromatic rings. The fourth-order valence-electron chi connectivity index (χ4n) is 1.47. The Hall–Kier alpha value is -1.10. The number of aromatic nitrogens is 1. The average Bonchev–Trinajstić information content (AvgIpc) is 2.35. The van der Waals surface area contributed by atoms with E-state index in [0.717, 1.165) is 16.8 Å². The van der Waals surface area contributed by atoms with Gasteiger partial charge in [-0.25, -0.2) is 4.98 Å². The molecule has 0 bridgehead atoms. The molecule has 0 aliphatic carbocycles. The molecule has 0 saturated heterocycles. The second kappa shape index (κ2) is 6.18. The van der Waals surface area contributed by atoms with E-state index in [-0.39, 0.29) is 0 Å². The van der Waals surface area contributed by atoms with Gasteiger partial charge in [-0.2, -0.15) is 0 Å². The van der Waals surface area contributed by atoms with Gasteiger partial charge in [0.1, 0.15) is 5.75 Å². The molecule has 0 fully saturated rings. The summed E-state index contributed by atoms with van der Waals surface area (Å²) in [5.74, 6) is 1.24. The molecule has 0 saturated carbocycles. The van der Waals surface area contributed by atoms with E-state index >= 15 is 0 Å². The predicted octanol–water partition coefficient (Wildman–Crippen LogP) is 4.01. The molecule has 1 aromatic heterocycles. The fourth-order valence-corrected chi connectivity index (χ4v) is 2.19. The van der Waals surface area contributed by atoms with Crippen LogP contribution in [-0.4, -0.2) is 12.0 Å².